The largest absolute Gasteiger partial charge is 0.263 e. The Labute approximate surface area is 131 Å². The zero-order chi connectivity index (χ0) is 15.5. The van der Waals surface area contributed by atoms with Crippen LogP contribution >= 0.6 is 23.1 Å². The van der Waals surface area contributed by atoms with Crippen molar-refractivity contribution in [3.8, 4) is 0 Å². The summed E-state index contributed by atoms with van der Waals surface area (Å²) >= 11 is 2.71. The molecule has 1 aromatic carbocycles. The van der Waals surface area contributed by atoms with Gasteiger partial charge in [0.2, 0.25) is 5.13 Å². The minimum absolute atomic E-state index is 0.000591. The molecule has 0 radical (unpaired) electrons. The third kappa shape index (κ3) is 4.14. The number of hydrogen-bond acceptors (Lipinski definition) is 6. The summed E-state index contributed by atoms with van der Waals surface area (Å²) < 4.78 is 40.6. The fraction of sp³-hybridized carbons (Fsp3) is 0.333. The molecule has 0 aliphatic carbocycles. The van der Waals surface area contributed by atoms with Crippen molar-refractivity contribution < 1.29 is 12.8 Å². The Bertz CT molecular complexity index is 731. The Kier molecular flexibility index (Phi) is 5.17. The van der Waals surface area contributed by atoms with E-state index in [-0.39, 0.29) is 15.6 Å². The van der Waals surface area contributed by atoms with Crippen LogP contribution in [0.15, 0.2) is 27.4 Å². The van der Waals surface area contributed by atoms with E-state index in [2.05, 4.69) is 21.8 Å². The van der Waals surface area contributed by atoms with E-state index >= 15 is 0 Å². The van der Waals surface area contributed by atoms with E-state index in [1.54, 1.807) is 0 Å². The van der Waals surface area contributed by atoms with Gasteiger partial charge in [-0.1, -0.05) is 30.0 Å². The number of anilines is 1. The van der Waals surface area contributed by atoms with Gasteiger partial charge in [0.05, 0.1) is 4.90 Å². The first-order valence-electron chi connectivity index (χ1n) is 6.17. The summed E-state index contributed by atoms with van der Waals surface area (Å²) in [4.78, 5) is -0.000591. The predicted molar refractivity (Wildman–Crippen MR) is 82.9 cm³/mol. The number of benzene rings is 1. The molecule has 1 N–H and O–H groups in total. The minimum atomic E-state index is -3.78. The van der Waals surface area contributed by atoms with Gasteiger partial charge in [0.1, 0.15) is 5.82 Å². The summed E-state index contributed by atoms with van der Waals surface area (Å²) in [6, 6.07) is 3.64. The molecule has 9 heteroatoms. The van der Waals surface area contributed by atoms with E-state index in [1.165, 1.54) is 42.2 Å². The van der Waals surface area contributed by atoms with Crippen molar-refractivity contribution in [1.29, 1.82) is 0 Å². The number of sulfonamides is 1. The maximum absolute atomic E-state index is 13.2. The van der Waals surface area contributed by atoms with Gasteiger partial charge >= 0.3 is 0 Å². The zero-order valence-electron chi connectivity index (χ0n) is 11.5. The monoisotopic (exact) mass is 347 g/mol. The molecule has 114 valence electrons. The van der Waals surface area contributed by atoms with E-state index in [0.29, 0.717) is 4.34 Å². The van der Waals surface area contributed by atoms with E-state index < -0.39 is 15.8 Å². The normalized spacial score (nSPS) is 11.6. The van der Waals surface area contributed by atoms with Crippen LogP contribution in [0.1, 0.15) is 18.9 Å². The van der Waals surface area contributed by atoms with Gasteiger partial charge in [-0.2, -0.15) is 0 Å². The lowest BCUT2D eigenvalue weighted by atomic mass is 10.2. The van der Waals surface area contributed by atoms with Gasteiger partial charge < -0.3 is 0 Å². The Morgan fingerprint density at radius 3 is 2.81 bits per heavy atom. The molecule has 2 rings (SSSR count). The molecule has 0 fully saturated rings. The number of thioether (sulfide) groups is 1. The van der Waals surface area contributed by atoms with Crippen LogP contribution in [0.5, 0.6) is 0 Å². The van der Waals surface area contributed by atoms with E-state index in [0.717, 1.165) is 18.2 Å². The fourth-order valence-corrected chi connectivity index (χ4v) is 4.45. The Balaban J connectivity index is 2.16. The number of hydrogen-bond donors (Lipinski definition) is 1. The molecule has 21 heavy (non-hydrogen) atoms. The molecule has 0 aliphatic heterocycles. The lowest BCUT2D eigenvalue weighted by molar-refractivity contribution is 0.598. The number of aromatic nitrogens is 2. The molecule has 0 atom stereocenters. The molecule has 0 saturated carbocycles. The molecule has 1 heterocycles. The number of rotatable bonds is 6. The molecule has 0 spiro atoms. The standard InChI is InChI=1S/C12H14FN3O2S3/c1-3-6-19-12-15-14-11(20-12)16-21(17,18)9-4-5-10(13)8(2)7-9/h4-5,7H,3,6H2,1-2H3,(H,14,16). The average molecular weight is 347 g/mol. The molecule has 0 amide bonds. The summed E-state index contributed by atoms with van der Waals surface area (Å²) in [5.41, 5.74) is 0.273. The van der Waals surface area contributed by atoms with Crippen molar-refractivity contribution in [1.82, 2.24) is 10.2 Å². The van der Waals surface area contributed by atoms with Gasteiger partial charge in [0, 0.05) is 5.75 Å². The van der Waals surface area contributed by atoms with E-state index in [1.807, 2.05) is 0 Å². The highest BCUT2D eigenvalue weighted by Gasteiger charge is 2.18. The van der Waals surface area contributed by atoms with Crippen LogP contribution < -0.4 is 4.72 Å². The van der Waals surface area contributed by atoms with Crippen LogP contribution in [-0.4, -0.2) is 24.4 Å². The number of nitrogens with one attached hydrogen (secondary N) is 1. The van der Waals surface area contributed by atoms with Gasteiger partial charge in [-0.05, 0) is 37.1 Å². The van der Waals surface area contributed by atoms with E-state index in [9.17, 15) is 12.8 Å². The highest BCUT2D eigenvalue weighted by molar-refractivity contribution is 8.01. The first-order valence-corrected chi connectivity index (χ1v) is 9.46. The van der Waals surface area contributed by atoms with Crippen molar-refractivity contribution in [3.05, 3.63) is 29.6 Å². The highest BCUT2D eigenvalue weighted by atomic mass is 32.2. The molecule has 0 bridgehead atoms. The molecule has 0 aliphatic rings. The highest BCUT2D eigenvalue weighted by Crippen LogP contribution is 2.27. The van der Waals surface area contributed by atoms with Crippen molar-refractivity contribution in [3.63, 3.8) is 0 Å². The van der Waals surface area contributed by atoms with Crippen molar-refractivity contribution >= 4 is 38.3 Å². The van der Waals surface area contributed by atoms with Gasteiger partial charge in [0.15, 0.2) is 4.34 Å². The first-order chi connectivity index (χ1) is 9.92. The SMILES string of the molecule is CCCSc1nnc(NS(=O)(=O)c2ccc(F)c(C)c2)s1. The van der Waals surface area contributed by atoms with Gasteiger partial charge in [-0.25, -0.2) is 12.8 Å². The molecular formula is C12H14FN3O2S3. The number of halogens is 1. The average Bonchev–Trinajstić information content (AvgIpc) is 2.86. The lowest BCUT2D eigenvalue weighted by Crippen LogP contribution is -2.13. The van der Waals surface area contributed by atoms with Crippen LogP contribution in [0.2, 0.25) is 0 Å². The number of nitrogens with zero attached hydrogens (tertiary/aromatic N) is 2. The summed E-state index contributed by atoms with van der Waals surface area (Å²) in [7, 11) is -3.78. The third-order valence-corrected chi connectivity index (χ3v) is 6.14. The lowest BCUT2D eigenvalue weighted by Gasteiger charge is -2.05. The molecule has 0 saturated heterocycles. The van der Waals surface area contributed by atoms with Crippen LogP contribution in [0.3, 0.4) is 0 Å². The second kappa shape index (κ2) is 6.71. The van der Waals surface area contributed by atoms with E-state index in [4.69, 9.17) is 0 Å². The summed E-state index contributed by atoms with van der Waals surface area (Å²) in [6.45, 7) is 3.56. The van der Waals surface area contributed by atoms with Crippen LogP contribution in [0.4, 0.5) is 9.52 Å². The molecular weight excluding hydrogens is 333 g/mol. The van der Waals surface area contributed by atoms with Crippen molar-refractivity contribution in [2.45, 2.75) is 29.5 Å². The Hall–Kier alpha value is -1.19. The maximum Gasteiger partial charge on any atom is 0.263 e. The summed E-state index contributed by atoms with van der Waals surface area (Å²) in [6.07, 6.45) is 1.00. The van der Waals surface area contributed by atoms with Gasteiger partial charge in [-0.15, -0.1) is 10.2 Å². The molecule has 2 aromatic rings. The van der Waals surface area contributed by atoms with Crippen LogP contribution in [0.25, 0.3) is 0 Å². The second-order valence-corrected chi connectivity index (χ2v) is 8.24. The van der Waals surface area contributed by atoms with Gasteiger partial charge in [0.25, 0.3) is 10.0 Å². The predicted octanol–water partition coefficient (Wildman–Crippen LogP) is 3.29. The third-order valence-electron chi connectivity index (χ3n) is 2.50. The quantitative estimate of drug-likeness (QED) is 0.812. The maximum atomic E-state index is 13.2. The zero-order valence-corrected chi connectivity index (χ0v) is 13.9. The molecule has 5 nitrogen and oxygen atoms in total. The smallest absolute Gasteiger partial charge is 0.253 e. The van der Waals surface area contributed by atoms with Crippen molar-refractivity contribution in [2.75, 3.05) is 10.5 Å². The molecule has 0 unspecified atom stereocenters. The Morgan fingerprint density at radius 2 is 2.14 bits per heavy atom. The first kappa shape index (κ1) is 16.2. The molecule has 1 aromatic heterocycles. The fourth-order valence-electron chi connectivity index (χ4n) is 1.46. The van der Waals surface area contributed by atoms with Crippen LogP contribution in [-0.2, 0) is 10.0 Å². The summed E-state index contributed by atoms with van der Waals surface area (Å²) in [5.74, 6) is 0.460. The topological polar surface area (TPSA) is 72.0 Å². The Morgan fingerprint density at radius 1 is 1.38 bits per heavy atom. The minimum Gasteiger partial charge on any atom is -0.253 e. The van der Waals surface area contributed by atoms with Crippen LogP contribution in [0, 0.1) is 12.7 Å². The van der Waals surface area contributed by atoms with Gasteiger partial charge in [-0.3, -0.25) is 4.72 Å². The second-order valence-electron chi connectivity index (χ2n) is 4.24. The summed E-state index contributed by atoms with van der Waals surface area (Å²) in [5, 5.41) is 7.92. The number of aryl methyl sites for hydroxylation is 1. The van der Waals surface area contributed by atoms with Crippen molar-refractivity contribution in [2.24, 2.45) is 0 Å².